The van der Waals surface area contributed by atoms with E-state index in [2.05, 4.69) is 16.7 Å². The van der Waals surface area contributed by atoms with E-state index in [0.29, 0.717) is 6.54 Å². The first-order valence-corrected chi connectivity index (χ1v) is 10.1. The molecule has 0 unspecified atom stereocenters. The highest BCUT2D eigenvalue weighted by molar-refractivity contribution is 5.91. The van der Waals surface area contributed by atoms with Crippen molar-refractivity contribution < 1.29 is 14.3 Å². The highest BCUT2D eigenvalue weighted by Gasteiger charge is 2.04. The van der Waals surface area contributed by atoms with E-state index >= 15 is 0 Å². The van der Waals surface area contributed by atoms with Gasteiger partial charge in [-0.3, -0.25) is 4.79 Å². The maximum atomic E-state index is 11.8. The van der Waals surface area contributed by atoms with Crippen LogP contribution in [0.15, 0.2) is 48.5 Å². The first kappa shape index (κ1) is 22.5. The molecule has 0 saturated carbocycles. The fraction of sp³-hybridized carbons (Fsp3) is 0.375. The normalized spacial score (nSPS) is 10.9. The summed E-state index contributed by atoms with van der Waals surface area (Å²) in [6.07, 6.45) is 6.35. The van der Waals surface area contributed by atoms with Crippen molar-refractivity contribution in [1.29, 1.82) is 0 Å². The number of amides is 1. The molecule has 0 radical (unpaired) electrons. The largest absolute Gasteiger partial charge is 0.493 e. The summed E-state index contributed by atoms with van der Waals surface area (Å²) in [6.45, 7) is 4.54. The third kappa shape index (κ3) is 8.40. The van der Waals surface area contributed by atoms with Gasteiger partial charge in [0, 0.05) is 12.6 Å². The Hall–Kier alpha value is -2.79. The molecule has 156 valence electrons. The number of nitrogens with one attached hydrogen (secondary N) is 2. The number of hydrogen-bond donors (Lipinski definition) is 2. The van der Waals surface area contributed by atoms with E-state index in [1.807, 2.05) is 49.4 Å². The summed E-state index contributed by atoms with van der Waals surface area (Å²) in [6, 6.07) is 14.1. The topological polar surface area (TPSA) is 59.6 Å². The molecule has 5 heteroatoms. The van der Waals surface area contributed by atoms with Crippen LogP contribution in [0.1, 0.15) is 29.5 Å². The molecule has 2 aromatic carbocycles. The summed E-state index contributed by atoms with van der Waals surface area (Å²) in [5.41, 5.74) is 3.47. The molecule has 0 bridgehead atoms. The number of carbonyl (C=O) groups is 1. The lowest BCUT2D eigenvalue weighted by molar-refractivity contribution is -0.116. The minimum atomic E-state index is -0.0565. The summed E-state index contributed by atoms with van der Waals surface area (Å²) >= 11 is 0. The Morgan fingerprint density at radius 3 is 2.38 bits per heavy atom. The van der Waals surface area contributed by atoms with Crippen molar-refractivity contribution in [3.05, 3.63) is 65.2 Å². The average Bonchev–Trinajstić information content (AvgIpc) is 2.75. The van der Waals surface area contributed by atoms with Crippen LogP contribution in [0.3, 0.4) is 0 Å². The van der Waals surface area contributed by atoms with Crippen LogP contribution in [0.5, 0.6) is 11.5 Å². The lowest BCUT2D eigenvalue weighted by atomic mass is 10.1. The van der Waals surface area contributed by atoms with Crippen LogP contribution in [0.4, 0.5) is 0 Å². The summed E-state index contributed by atoms with van der Waals surface area (Å²) < 4.78 is 10.6. The maximum Gasteiger partial charge on any atom is 0.243 e. The molecule has 1 amide bonds. The van der Waals surface area contributed by atoms with Crippen molar-refractivity contribution in [1.82, 2.24) is 10.6 Å². The molecule has 29 heavy (non-hydrogen) atoms. The lowest BCUT2D eigenvalue weighted by Gasteiger charge is -2.10. The fourth-order valence-electron chi connectivity index (χ4n) is 2.91. The average molecular weight is 397 g/mol. The third-order valence-electron chi connectivity index (χ3n) is 4.60. The van der Waals surface area contributed by atoms with Gasteiger partial charge in [0.15, 0.2) is 11.5 Å². The Labute approximate surface area is 174 Å². The molecular weight excluding hydrogens is 364 g/mol. The van der Waals surface area contributed by atoms with E-state index in [-0.39, 0.29) is 5.91 Å². The molecule has 2 aromatic rings. The summed E-state index contributed by atoms with van der Waals surface area (Å²) in [5, 5.41) is 6.33. The van der Waals surface area contributed by atoms with Gasteiger partial charge in [-0.2, -0.15) is 0 Å². The van der Waals surface area contributed by atoms with Gasteiger partial charge in [0.1, 0.15) is 0 Å². The zero-order valence-corrected chi connectivity index (χ0v) is 17.7. The molecule has 5 nitrogen and oxygen atoms in total. The van der Waals surface area contributed by atoms with Crippen LogP contribution in [0.25, 0.3) is 6.08 Å². The number of hydrogen-bond acceptors (Lipinski definition) is 4. The van der Waals surface area contributed by atoms with Gasteiger partial charge in [-0.15, -0.1) is 0 Å². The van der Waals surface area contributed by atoms with Gasteiger partial charge in [0.2, 0.25) is 5.91 Å². The molecular formula is C24H32N2O3. The van der Waals surface area contributed by atoms with Crippen molar-refractivity contribution in [3.63, 3.8) is 0 Å². The van der Waals surface area contributed by atoms with Crippen LogP contribution < -0.4 is 20.1 Å². The van der Waals surface area contributed by atoms with Crippen LogP contribution >= 0.6 is 0 Å². The van der Waals surface area contributed by atoms with Crippen molar-refractivity contribution in [3.8, 4) is 11.5 Å². The highest BCUT2D eigenvalue weighted by atomic mass is 16.5. The van der Waals surface area contributed by atoms with Gasteiger partial charge >= 0.3 is 0 Å². The van der Waals surface area contributed by atoms with Crippen molar-refractivity contribution >= 4 is 12.0 Å². The van der Waals surface area contributed by atoms with Crippen molar-refractivity contribution in [2.45, 2.75) is 26.2 Å². The predicted molar refractivity (Wildman–Crippen MR) is 119 cm³/mol. The molecule has 0 aliphatic rings. The van der Waals surface area contributed by atoms with E-state index < -0.39 is 0 Å². The summed E-state index contributed by atoms with van der Waals surface area (Å²) in [7, 11) is 3.30. The third-order valence-corrected chi connectivity index (χ3v) is 4.60. The van der Waals surface area contributed by atoms with E-state index in [9.17, 15) is 4.79 Å². The molecule has 0 aliphatic carbocycles. The highest BCUT2D eigenvalue weighted by Crippen LogP contribution is 2.27. The van der Waals surface area contributed by atoms with Crippen LogP contribution in [0, 0.1) is 6.92 Å². The van der Waals surface area contributed by atoms with Crippen LogP contribution in [0.2, 0.25) is 0 Å². The molecule has 0 saturated heterocycles. The summed E-state index contributed by atoms with van der Waals surface area (Å²) in [4.78, 5) is 11.8. The molecule has 0 heterocycles. The molecule has 0 aromatic heterocycles. The minimum Gasteiger partial charge on any atom is -0.493 e. The molecule has 0 spiro atoms. The SMILES string of the molecule is COc1ccc(CCCNCCCNC(=O)/C=C/c2ccc(C)cc2)cc1OC. The zero-order valence-electron chi connectivity index (χ0n) is 17.7. The van der Waals surface area contributed by atoms with E-state index in [4.69, 9.17) is 9.47 Å². The van der Waals surface area contributed by atoms with Gasteiger partial charge in [-0.1, -0.05) is 35.9 Å². The molecule has 0 aliphatic heterocycles. The second kappa shape index (κ2) is 12.6. The second-order valence-electron chi connectivity index (χ2n) is 6.93. The summed E-state index contributed by atoms with van der Waals surface area (Å²) in [5.74, 6) is 1.47. The maximum absolute atomic E-state index is 11.8. The van der Waals surface area contributed by atoms with Gasteiger partial charge in [0.25, 0.3) is 0 Å². The Morgan fingerprint density at radius 2 is 1.66 bits per heavy atom. The minimum absolute atomic E-state index is 0.0565. The number of benzene rings is 2. The van der Waals surface area contributed by atoms with Crippen molar-refractivity contribution in [2.75, 3.05) is 33.9 Å². The molecule has 2 rings (SSSR count). The smallest absolute Gasteiger partial charge is 0.243 e. The second-order valence-corrected chi connectivity index (χ2v) is 6.93. The number of ether oxygens (including phenoxy) is 2. The monoisotopic (exact) mass is 396 g/mol. The van der Waals surface area contributed by atoms with Gasteiger partial charge in [-0.05, 0) is 68.6 Å². The Morgan fingerprint density at radius 1 is 0.931 bits per heavy atom. The lowest BCUT2D eigenvalue weighted by Crippen LogP contribution is -2.26. The van der Waals surface area contributed by atoms with E-state index in [1.165, 1.54) is 11.1 Å². The van der Waals surface area contributed by atoms with Crippen LogP contribution in [-0.2, 0) is 11.2 Å². The number of aryl methyl sites for hydroxylation is 2. The molecule has 2 N–H and O–H groups in total. The van der Waals surface area contributed by atoms with Gasteiger partial charge < -0.3 is 20.1 Å². The van der Waals surface area contributed by atoms with E-state index in [1.54, 1.807) is 20.3 Å². The number of carbonyl (C=O) groups excluding carboxylic acids is 1. The van der Waals surface area contributed by atoms with E-state index in [0.717, 1.165) is 49.4 Å². The zero-order chi connectivity index (χ0) is 20.9. The standard InChI is InChI=1S/C24H32N2O3/c1-19-7-9-20(10-8-19)12-14-24(27)26-17-5-16-25-15-4-6-21-11-13-22(28-2)23(18-21)29-3/h7-14,18,25H,4-6,15-17H2,1-3H3,(H,26,27)/b14-12+. The fourth-order valence-corrected chi connectivity index (χ4v) is 2.91. The Kier molecular flexibility index (Phi) is 9.80. The van der Waals surface area contributed by atoms with Gasteiger partial charge in [-0.25, -0.2) is 0 Å². The Balaban J connectivity index is 1.53. The first-order chi connectivity index (χ1) is 14.1. The molecule has 0 atom stereocenters. The Bertz CT molecular complexity index is 785. The number of methoxy groups -OCH3 is 2. The molecule has 0 fully saturated rings. The van der Waals surface area contributed by atoms with Crippen molar-refractivity contribution in [2.24, 2.45) is 0 Å². The number of rotatable bonds is 12. The van der Waals surface area contributed by atoms with Gasteiger partial charge in [0.05, 0.1) is 14.2 Å². The predicted octanol–water partition coefficient (Wildman–Crippen LogP) is 3.75. The van der Waals surface area contributed by atoms with Crippen LogP contribution in [-0.4, -0.2) is 39.8 Å². The quantitative estimate of drug-likeness (QED) is 0.424. The first-order valence-electron chi connectivity index (χ1n) is 10.1.